The fourth-order valence-corrected chi connectivity index (χ4v) is 3.69. The molecule has 0 bridgehead atoms. The van der Waals surface area contributed by atoms with E-state index >= 15 is 0 Å². The number of ether oxygens (including phenoxy) is 1. The Kier molecular flexibility index (Phi) is 4.42. The van der Waals surface area contributed by atoms with E-state index in [0.717, 1.165) is 19.1 Å². The molecule has 2 heteroatoms. The third kappa shape index (κ3) is 3.42. The van der Waals surface area contributed by atoms with Crippen LogP contribution in [0.2, 0.25) is 0 Å². The molecule has 1 aliphatic heterocycles. The van der Waals surface area contributed by atoms with Gasteiger partial charge in [-0.15, -0.1) is 0 Å². The Balaban J connectivity index is 1.44. The molecule has 2 aliphatic rings. The van der Waals surface area contributed by atoms with Crippen LogP contribution in [-0.2, 0) is 4.74 Å². The second kappa shape index (κ2) is 6.28. The highest BCUT2D eigenvalue weighted by Gasteiger charge is 2.31. The molecule has 0 aromatic heterocycles. The van der Waals surface area contributed by atoms with Crippen molar-refractivity contribution in [1.82, 2.24) is 5.32 Å². The van der Waals surface area contributed by atoms with Crippen LogP contribution in [-0.4, -0.2) is 24.8 Å². The Morgan fingerprint density at radius 2 is 1.90 bits per heavy atom. The summed E-state index contributed by atoms with van der Waals surface area (Å²) in [6, 6.07) is 11.7. The number of hydrogen-bond donors (Lipinski definition) is 1. The van der Waals surface area contributed by atoms with Gasteiger partial charge in [0, 0.05) is 19.2 Å². The Labute approximate surface area is 122 Å². The maximum absolute atomic E-state index is 5.86. The van der Waals surface area contributed by atoms with Crippen LogP contribution in [0.1, 0.15) is 56.9 Å². The summed E-state index contributed by atoms with van der Waals surface area (Å²) < 4.78 is 5.86. The lowest BCUT2D eigenvalue weighted by Gasteiger charge is -2.32. The Bertz CT molecular complexity index is 403. The van der Waals surface area contributed by atoms with E-state index in [-0.39, 0.29) is 5.60 Å². The number of hydrogen-bond acceptors (Lipinski definition) is 2. The van der Waals surface area contributed by atoms with E-state index < -0.39 is 0 Å². The Morgan fingerprint density at radius 3 is 2.55 bits per heavy atom. The van der Waals surface area contributed by atoms with Crippen molar-refractivity contribution in [1.29, 1.82) is 0 Å². The fraction of sp³-hybridized carbons (Fsp3) is 0.667. The van der Waals surface area contributed by atoms with Crippen molar-refractivity contribution < 1.29 is 4.74 Å². The topological polar surface area (TPSA) is 21.3 Å². The van der Waals surface area contributed by atoms with Gasteiger partial charge in [-0.3, -0.25) is 0 Å². The highest BCUT2D eigenvalue weighted by atomic mass is 16.5. The minimum atomic E-state index is 0.0935. The molecular weight excluding hydrogens is 246 g/mol. The predicted molar refractivity (Wildman–Crippen MR) is 83.0 cm³/mol. The molecule has 0 amide bonds. The summed E-state index contributed by atoms with van der Waals surface area (Å²) in [7, 11) is 0. The molecule has 3 rings (SSSR count). The van der Waals surface area contributed by atoms with Crippen LogP contribution < -0.4 is 5.32 Å². The van der Waals surface area contributed by atoms with Gasteiger partial charge in [0.15, 0.2) is 0 Å². The summed E-state index contributed by atoms with van der Waals surface area (Å²) in [6.45, 7) is 4.22. The molecule has 1 saturated heterocycles. The lowest BCUT2D eigenvalue weighted by atomic mass is 9.81. The van der Waals surface area contributed by atoms with Crippen LogP contribution in [0.4, 0.5) is 0 Å². The maximum atomic E-state index is 5.86. The second-order valence-corrected chi connectivity index (χ2v) is 6.74. The minimum Gasteiger partial charge on any atom is -0.374 e. The molecule has 1 aromatic rings. The van der Waals surface area contributed by atoms with Gasteiger partial charge >= 0.3 is 0 Å². The van der Waals surface area contributed by atoms with Crippen molar-refractivity contribution in [2.75, 3.05) is 13.2 Å². The molecular formula is C18H27NO. The normalized spacial score (nSPS) is 34.2. The van der Waals surface area contributed by atoms with E-state index in [2.05, 4.69) is 42.6 Å². The largest absolute Gasteiger partial charge is 0.374 e. The first-order valence-corrected chi connectivity index (χ1v) is 8.17. The highest BCUT2D eigenvalue weighted by molar-refractivity contribution is 5.20. The standard InChI is InChI=1S/C18H27NO/c1-18(12-5-13-20-18)14-19-17-10-8-16(9-11-17)15-6-3-2-4-7-15/h2-4,6-7,16-17,19H,5,8-14H2,1H3. The third-order valence-corrected chi connectivity index (χ3v) is 5.06. The zero-order valence-corrected chi connectivity index (χ0v) is 12.6. The zero-order chi connectivity index (χ0) is 13.8. The highest BCUT2D eigenvalue weighted by Crippen LogP contribution is 2.33. The van der Waals surface area contributed by atoms with Crippen molar-refractivity contribution in [2.24, 2.45) is 0 Å². The van der Waals surface area contributed by atoms with Crippen molar-refractivity contribution in [2.45, 2.75) is 63.0 Å². The molecule has 0 radical (unpaired) electrons. The first kappa shape index (κ1) is 14.1. The van der Waals surface area contributed by atoms with Crippen LogP contribution in [0.3, 0.4) is 0 Å². The van der Waals surface area contributed by atoms with E-state index in [1.54, 1.807) is 0 Å². The Morgan fingerprint density at radius 1 is 1.15 bits per heavy atom. The summed E-state index contributed by atoms with van der Waals surface area (Å²) in [6.07, 6.45) is 7.67. The molecule has 1 N–H and O–H groups in total. The molecule has 1 unspecified atom stereocenters. The van der Waals surface area contributed by atoms with E-state index in [1.165, 1.54) is 44.1 Å². The number of nitrogens with one attached hydrogen (secondary N) is 1. The first-order chi connectivity index (χ1) is 9.75. The molecule has 2 fully saturated rings. The fourth-order valence-electron chi connectivity index (χ4n) is 3.69. The maximum Gasteiger partial charge on any atom is 0.0779 e. The van der Waals surface area contributed by atoms with Crippen LogP contribution >= 0.6 is 0 Å². The van der Waals surface area contributed by atoms with Gasteiger partial charge in [0.1, 0.15) is 0 Å². The van der Waals surface area contributed by atoms with Gasteiger partial charge in [-0.1, -0.05) is 30.3 Å². The Hall–Kier alpha value is -0.860. The minimum absolute atomic E-state index is 0.0935. The van der Waals surface area contributed by atoms with E-state index in [4.69, 9.17) is 4.74 Å². The van der Waals surface area contributed by atoms with Gasteiger partial charge < -0.3 is 10.1 Å². The van der Waals surface area contributed by atoms with Gasteiger partial charge in [0.05, 0.1) is 5.60 Å². The van der Waals surface area contributed by atoms with Crippen LogP contribution in [0.5, 0.6) is 0 Å². The number of benzene rings is 1. The molecule has 1 heterocycles. The first-order valence-electron chi connectivity index (χ1n) is 8.17. The average Bonchev–Trinajstić information content (AvgIpc) is 2.94. The van der Waals surface area contributed by atoms with Gasteiger partial charge in [-0.2, -0.15) is 0 Å². The van der Waals surface area contributed by atoms with Crippen molar-refractivity contribution in [3.63, 3.8) is 0 Å². The molecule has 1 atom stereocenters. The second-order valence-electron chi connectivity index (χ2n) is 6.74. The van der Waals surface area contributed by atoms with Crippen LogP contribution in [0.25, 0.3) is 0 Å². The summed E-state index contributed by atoms with van der Waals surface area (Å²) in [4.78, 5) is 0. The lowest BCUT2D eigenvalue weighted by molar-refractivity contribution is 0.0176. The molecule has 1 saturated carbocycles. The summed E-state index contributed by atoms with van der Waals surface area (Å²) in [5.74, 6) is 0.771. The number of rotatable bonds is 4. The van der Waals surface area contributed by atoms with Gasteiger partial charge in [-0.05, 0) is 56.9 Å². The molecule has 2 nitrogen and oxygen atoms in total. The molecule has 1 aliphatic carbocycles. The monoisotopic (exact) mass is 273 g/mol. The van der Waals surface area contributed by atoms with Gasteiger partial charge in [-0.25, -0.2) is 0 Å². The zero-order valence-electron chi connectivity index (χ0n) is 12.6. The van der Waals surface area contributed by atoms with E-state index in [1.807, 2.05) is 0 Å². The van der Waals surface area contributed by atoms with E-state index in [0.29, 0.717) is 6.04 Å². The molecule has 110 valence electrons. The quantitative estimate of drug-likeness (QED) is 0.899. The van der Waals surface area contributed by atoms with Gasteiger partial charge in [0.25, 0.3) is 0 Å². The molecule has 20 heavy (non-hydrogen) atoms. The smallest absolute Gasteiger partial charge is 0.0779 e. The SMILES string of the molecule is CC1(CNC2CCC(c3ccccc3)CC2)CCCO1. The molecule has 0 spiro atoms. The van der Waals surface area contributed by atoms with Crippen molar-refractivity contribution in [3.05, 3.63) is 35.9 Å². The van der Waals surface area contributed by atoms with Crippen LogP contribution in [0.15, 0.2) is 30.3 Å². The van der Waals surface area contributed by atoms with E-state index in [9.17, 15) is 0 Å². The summed E-state index contributed by atoms with van der Waals surface area (Å²) >= 11 is 0. The average molecular weight is 273 g/mol. The predicted octanol–water partition coefficient (Wildman–Crippen LogP) is 3.87. The third-order valence-electron chi connectivity index (χ3n) is 5.06. The lowest BCUT2D eigenvalue weighted by Crippen LogP contribution is -2.43. The summed E-state index contributed by atoms with van der Waals surface area (Å²) in [5.41, 5.74) is 1.62. The van der Waals surface area contributed by atoms with Gasteiger partial charge in [0.2, 0.25) is 0 Å². The molecule has 1 aromatic carbocycles. The summed E-state index contributed by atoms with van der Waals surface area (Å²) in [5, 5.41) is 3.75. The van der Waals surface area contributed by atoms with Crippen LogP contribution in [0, 0.1) is 0 Å². The van der Waals surface area contributed by atoms with Crippen molar-refractivity contribution >= 4 is 0 Å². The van der Waals surface area contributed by atoms with Crippen molar-refractivity contribution in [3.8, 4) is 0 Å².